The number of carbonyl (C=O) groups is 1. The van der Waals surface area contributed by atoms with Crippen LogP contribution in [0.25, 0.3) is 0 Å². The van der Waals surface area contributed by atoms with E-state index in [1.807, 2.05) is 25.1 Å². The number of hydrogen-bond acceptors (Lipinski definition) is 2. The maximum atomic E-state index is 13.0. The predicted octanol–water partition coefficient (Wildman–Crippen LogP) is 4.94. The average Bonchev–Trinajstić information content (AvgIpc) is 2.41. The largest absolute Gasteiger partial charge is 0.325 e. The Morgan fingerprint density at radius 1 is 1.19 bits per heavy atom. The van der Waals surface area contributed by atoms with Crippen LogP contribution < -0.4 is 5.32 Å². The van der Waals surface area contributed by atoms with E-state index in [2.05, 4.69) is 21.2 Å². The van der Waals surface area contributed by atoms with E-state index in [1.165, 1.54) is 23.9 Å². The first-order valence-electron chi connectivity index (χ1n) is 6.40. The minimum atomic E-state index is -0.301. The Morgan fingerprint density at radius 2 is 1.95 bits per heavy atom. The molecule has 0 heterocycles. The van der Waals surface area contributed by atoms with Crippen molar-refractivity contribution in [3.8, 4) is 0 Å². The lowest BCUT2D eigenvalue weighted by Gasteiger charge is -2.09. The van der Waals surface area contributed by atoms with Crippen LogP contribution >= 0.6 is 27.7 Å². The number of benzene rings is 2. The zero-order valence-electron chi connectivity index (χ0n) is 11.7. The summed E-state index contributed by atoms with van der Waals surface area (Å²) in [7, 11) is 0. The highest BCUT2D eigenvalue weighted by Crippen LogP contribution is 2.25. The van der Waals surface area contributed by atoms with E-state index in [4.69, 9.17) is 0 Å². The minimum absolute atomic E-state index is 0.1000. The molecule has 2 aromatic carbocycles. The lowest BCUT2D eigenvalue weighted by atomic mass is 10.2. The monoisotopic (exact) mass is 367 g/mol. The minimum Gasteiger partial charge on any atom is -0.325 e. The fourth-order valence-corrected chi connectivity index (χ4v) is 3.16. The van der Waals surface area contributed by atoms with Gasteiger partial charge in [-0.25, -0.2) is 4.39 Å². The maximum absolute atomic E-state index is 13.0. The summed E-state index contributed by atoms with van der Waals surface area (Å²) in [6.07, 6.45) is 0. The molecule has 0 fully saturated rings. The molecule has 2 aromatic rings. The fourth-order valence-electron chi connectivity index (χ4n) is 1.87. The highest BCUT2D eigenvalue weighted by molar-refractivity contribution is 9.10. The van der Waals surface area contributed by atoms with Gasteiger partial charge in [-0.3, -0.25) is 4.79 Å². The zero-order valence-corrected chi connectivity index (χ0v) is 14.1. The van der Waals surface area contributed by atoms with Gasteiger partial charge in [-0.15, -0.1) is 11.8 Å². The number of hydrogen-bond donors (Lipinski definition) is 1. The number of anilines is 1. The summed E-state index contributed by atoms with van der Waals surface area (Å²) < 4.78 is 14.0. The molecule has 0 bridgehead atoms. The Kier molecular flexibility index (Phi) is 5.42. The Morgan fingerprint density at radius 3 is 2.62 bits per heavy atom. The van der Waals surface area contributed by atoms with Crippen molar-refractivity contribution in [3.63, 3.8) is 0 Å². The molecule has 0 atom stereocenters. The summed E-state index contributed by atoms with van der Waals surface area (Å²) in [5.41, 5.74) is 2.49. The number of carbonyl (C=O) groups excluding carboxylic acids is 1. The van der Waals surface area contributed by atoms with E-state index in [0.29, 0.717) is 17.0 Å². The van der Waals surface area contributed by atoms with E-state index in [1.54, 1.807) is 13.0 Å². The molecule has 110 valence electrons. The highest BCUT2D eigenvalue weighted by Gasteiger charge is 2.08. The highest BCUT2D eigenvalue weighted by atomic mass is 79.9. The molecule has 0 aliphatic carbocycles. The number of nitrogens with one attached hydrogen (secondary N) is 1. The Hall–Kier alpha value is -1.33. The molecule has 0 aliphatic rings. The molecule has 21 heavy (non-hydrogen) atoms. The summed E-state index contributed by atoms with van der Waals surface area (Å²) in [6, 6.07) is 10.3. The Balaban J connectivity index is 1.96. The molecule has 5 heteroatoms. The summed E-state index contributed by atoms with van der Waals surface area (Å²) in [4.78, 5) is 13.0. The van der Waals surface area contributed by atoms with Gasteiger partial charge in [0.25, 0.3) is 0 Å². The first-order valence-corrected chi connectivity index (χ1v) is 8.18. The molecule has 1 N–H and O–H groups in total. The predicted molar refractivity (Wildman–Crippen MR) is 89.4 cm³/mol. The normalized spacial score (nSPS) is 10.5. The molecule has 0 saturated carbocycles. The number of aryl methyl sites for hydroxylation is 2. The van der Waals surface area contributed by atoms with Crippen LogP contribution in [-0.4, -0.2) is 11.7 Å². The van der Waals surface area contributed by atoms with Crippen molar-refractivity contribution in [2.45, 2.75) is 18.7 Å². The van der Waals surface area contributed by atoms with Gasteiger partial charge in [0.15, 0.2) is 0 Å². The topological polar surface area (TPSA) is 29.1 Å². The van der Waals surface area contributed by atoms with Crippen LogP contribution in [0, 0.1) is 19.7 Å². The van der Waals surface area contributed by atoms with E-state index in [0.717, 1.165) is 14.9 Å². The second kappa shape index (κ2) is 7.09. The summed E-state index contributed by atoms with van der Waals surface area (Å²) in [5.74, 6) is -0.0818. The van der Waals surface area contributed by atoms with Crippen molar-refractivity contribution in [2.75, 3.05) is 11.1 Å². The van der Waals surface area contributed by atoms with Crippen LogP contribution in [0.15, 0.2) is 45.8 Å². The molecule has 0 radical (unpaired) electrons. The van der Waals surface area contributed by atoms with E-state index in [-0.39, 0.29) is 11.7 Å². The summed E-state index contributed by atoms with van der Waals surface area (Å²) in [5, 5.41) is 2.80. The number of thioether (sulfide) groups is 1. The summed E-state index contributed by atoms with van der Waals surface area (Å²) >= 11 is 4.90. The fraction of sp³-hybridized carbons (Fsp3) is 0.188. The molecule has 0 spiro atoms. The number of halogens is 2. The maximum Gasteiger partial charge on any atom is 0.234 e. The van der Waals surface area contributed by atoms with Crippen LogP contribution in [0.2, 0.25) is 0 Å². The van der Waals surface area contributed by atoms with Crippen LogP contribution in [-0.2, 0) is 4.79 Å². The van der Waals surface area contributed by atoms with Crippen molar-refractivity contribution in [1.29, 1.82) is 0 Å². The molecule has 0 aliphatic heterocycles. The van der Waals surface area contributed by atoms with Crippen LogP contribution in [0.3, 0.4) is 0 Å². The second-order valence-electron chi connectivity index (χ2n) is 4.71. The Labute approximate surface area is 136 Å². The van der Waals surface area contributed by atoms with Crippen molar-refractivity contribution in [1.82, 2.24) is 0 Å². The van der Waals surface area contributed by atoms with Crippen LogP contribution in [0.4, 0.5) is 10.1 Å². The standard InChI is InChI=1S/C16H15BrFNOS/c1-10-8-13(18)4-5-14(10)19-16(20)9-21-15-6-3-12(17)7-11(15)2/h3-8H,9H2,1-2H3,(H,19,20). The SMILES string of the molecule is Cc1cc(F)ccc1NC(=O)CSc1ccc(Br)cc1C. The molecule has 0 unspecified atom stereocenters. The van der Waals surface area contributed by atoms with Crippen molar-refractivity contribution in [3.05, 3.63) is 57.8 Å². The van der Waals surface area contributed by atoms with Gasteiger partial charge in [0, 0.05) is 15.1 Å². The zero-order chi connectivity index (χ0) is 15.4. The van der Waals surface area contributed by atoms with Gasteiger partial charge >= 0.3 is 0 Å². The molecular formula is C16H15BrFNOS. The van der Waals surface area contributed by atoms with Gasteiger partial charge in [0.2, 0.25) is 5.91 Å². The molecule has 2 nitrogen and oxygen atoms in total. The van der Waals surface area contributed by atoms with Gasteiger partial charge < -0.3 is 5.32 Å². The Bertz CT molecular complexity index is 675. The first kappa shape index (κ1) is 16.0. The second-order valence-corrected chi connectivity index (χ2v) is 6.64. The third-order valence-electron chi connectivity index (χ3n) is 2.96. The quantitative estimate of drug-likeness (QED) is 0.775. The van der Waals surface area contributed by atoms with Crippen molar-refractivity contribution >= 4 is 39.3 Å². The van der Waals surface area contributed by atoms with Crippen molar-refractivity contribution < 1.29 is 9.18 Å². The van der Waals surface area contributed by atoms with E-state index in [9.17, 15) is 9.18 Å². The molecule has 0 saturated heterocycles. The molecule has 2 rings (SSSR count). The molecule has 1 amide bonds. The van der Waals surface area contributed by atoms with Crippen LogP contribution in [0.5, 0.6) is 0 Å². The number of rotatable bonds is 4. The van der Waals surface area contributed by atoms with Gasteiger partial charge in [0.05, 0.1) is 5.75 Å². The van der Waals surface area contributed by atoms with Gasteiger partial charge in [0.1, 0.15) is 5.82 Å². The van der Waals surface area contributed by atoms with E-state index < -0.39 is 0 Å². The summed E-state index contributed by atoms with van der Waals surface area (Å²) in [6.45, 7) is 3.78. The number of amides is 1. The third kappa shape index (κ3) is 4.58. The molecule has 0 aromatic heterocycles. The lowest BCUT2D eigenvalue weighted by Crippen LogP contribution is -2.15. The average molecular weight is 368 g/mol. The van der Waals surface area contributed by atoms with E-state index >= 15 is 0 Å². The van der Waals surface area contributed by atoms with Crippen LogP contribution in [0.1, 0.15) is 11.1 Å². The lowest BCUT2D eigenvalue weighted by molar-refractivity contribution is -0.113. The third-order valence-corrected chi connectivity index (χ3v) is 4.63. The smallest absolute Gasteiger partial charge is 0.234 e. The van der Waals surface area contributed by atoms with Gasteiger partial charge in [-0.2, -0.15) is 0 Å². The molecular weight excluding hydrogens is 353 g/mol. The van der Waals surface area contributed by atoms with Gasteiger partial charge in [-0.05, 0) is 61.4 Å². The van der Waals surface area contributed by atoms with Crippen molar-refractivity contribution in [2.24, 2.45) is 0 Å². The van der Waals surface area contributed by atoms with Gasteiger partial charge in [-0.1, -0.05) is 15.9 Å². The first-order chi connectivity index (χ1) is 9.95.